The Labute approximate surface area is 140 Å². The molecule has 0 saturated carbocycles. The molecule has 4 rings (SSSR count). The predicted molar refractivity (Wildman–Crippen MR) is 91.7 cm³/mol. The van der Waals surface area contributed by atoms with Gasteiger partial charge in [-0.05, 0) is 26.0 Å². The maximum absolute atomic E-state index is 12.5. The van der Waals surface area contributed by atoms with Crippen molar-refractivity contribution in [3.05, 3.63) is 54.2 Å². The number of hydrogen-bond donors (Lipinski definition) is 1. The van der Waals surface area contributed by atoms with Crippen LogP contribution >= 0.6 is 0 Å². The van der Waals surface area contributed by atoms with Gasteiger partial charge in [-0.3, -0.25) is 4.79 Å². The lowest BCUT2D eigenvalue weighted by molar-refractivity contribution is -0.117. The van der Waals surface area contributed by atoms with Gasteiger partial charge in [0.2, 0.25) is 5.91 Å². The van der Waals surface area contributed by atoms with Crippen LogP contribution in [-0.2, 0) is 4.79 Å². The van der Waals surface area contributed by atoms with Crippen molar-refractivity contribution in [1.82, 2.24) is 19.5 Å². The number of hydrogen-bond acceptors (Lipinski definition) is 3. The Morgan fingerprint density at radius 2 is 1.96 bits per heavy atom. The van der Waals surface area contributed by atoms with Crippen LogP contribution in [0.4, 0.5) is 5.69 Å². The van der Waals surface area contributed by atoms with E-state index >= 15 is 0 Å². The number of carbonyl (C=O) groups excluding carboxylic acids is 1. The highest BCUT2D eigenvalue weighted by atomic mass is 16.2. The highest BCUT2D eigenvalue weighted by Crippen LogP contribution is 2.31. The molecule has 1 N–H and O–H groups in total. The van der Waals surface area contributed by atoms with Gasteiger partial charge in [0.1, 0.15) is 5.69 Å². The Hall–Kier alpha value is -2.89. The molecule has 1 amide bonds. The molecule has 6 nitrogen and oxygen atoms in total. The lowest BCUT2D eigenvalue weighted by atomic mass is 10.2. The quantitative estimate of drug-likeness (QED) is 0.806. The molecule has 6 heteroatoms. The number of aromatic nitrogens is 4. The van der Waals surface area contributed by atoms with Crippen LogP contribution in [0.1, 0.15) is 23.7 Å². The number of amides is 1. The van der Waals surface area contributed by atoms with Crippen molar-refractivity contribution in [2.75, 3.05) is 11.4 Å². The third-order valence-corrected chi connectivity index (χ3v) is 4.55. The summed E-state index contributed by atoms with van der Waals surface area (Å²) in [7, 11) is 0. The van der Waals surface area contributed by atoms with E-state index in [4.69, 9.17) is 0 Å². The first kappa shape index (κ1) is 14.7. The van der Waals surface area contributed by atoms with Gasteiger partial charge >= 0.3 is 0 Å². The standard InChI is InChI=1S/C18H19N5O/c1-12-3-5-14(6-4-12)23-10-15(9-16(23)24)22-8-7-19-18(22)17-13(2)20-11-21-17/h3-8,11,15H,9-10H2,1-2H3,(H,20,21). The molecule has 3 heterocycles. The molecule has 1 unspecified atom stereocenters. The molecule has 1 aromatic carbocycles. The van der Waals surface area contributed by atoms with E-state index in [2.05, 4.69) is 19.5 Å². The fraction of sp³-hybridized carbons (Fsp3) is 0.278. The lowest BCUT2D eigenvalue weighted by Crippen LogP contribution is -2.24. The third kappa shape index (κ3) is 2.40. The lowest BCUT2D eigenvalue weighted by Gasteiger charge is -2.18. The Morgan fingerprint density at radius 3 is 2.67 bits per heavy atom. The van der Waals surface area contributed by atoms with Crippen LogP contribution in [0.3, 0.4) is 0 Å². The predicted octanol–water partition coefficient (Wildman–Crippen LogP) is 2.87. The maximum Gasteiger partial charge on any atom is 0.229 e. The second kappa shape index (κ2) is 5.63. The van der Waals surface area contributed by atoms with Gasteiger partial charge in [0.15, 0.2) is 5.82 Å². The van der Waals surface area contributed by atoms with Crippen molar-refractivity contribution < 1.29 is 4.79 Å². The Morgan fingerprint density at radius 1 is 1.17 bits per heavy atom. The zero-order chi connectivity index (χ0) is 16.7. The molecule has 1 saturated heterocycles. The normalized spacial score (nSPS) is 17.7. The Balaban J connectivity index is 1.63. The number of anilines is 1. The van der Waals surface area contributed by atoms with Crippen molar-refractivity contribution >= 4 is 11.6 Å². The molecule has 3 aromatic rings. The van der Waals surface area contributed by atoms with Gasteiger partial charge in [-0.1, -0.05) is 17.7 Å². The molecule has 0 spiro atoms. The third-order valence-electron chi connectivity index (χ3n) is 4.55. The largest absolute Gasteiger partial charge is 0.348 e. The first-order valence-electron chi connectivity index (χ1n) is 8.03. The van der Waals surface area contributed by atoms with Crippen LogP contribution in [0.15, 0.2) is 43.0 Å². The van der Waals surface area contributed by atoms with Gasteiger partial charge in [-0.15, -0.1) is 0 Å². The van der Waals surface area contributed by atoms with E-state index in [-0.39, 0.29) is 11.9 Å². The van der Waals surface area contributed by atoms with Gasteiger partial charge in [-0.2, -0.15) is 0 Å². The van der Waals surface area contributed by atoms with E-state index < -0.39 is 0 Å². The van der Waals surface area contributed by atoms with Crippen molar-refractivity contribution in [1.29, 1.82) is 0 Å². The topological polar surface area (TPSA) is 66.8 Å². The molecule has 24 heavy (non-hydrogen) atoms. The molecule has 0 radical (unpaired) electrons. The summed E-state index contributed by atoms with van der Waals surface area (Å²) in [6, 6.07) is 8.13. The van der Waals surface area contributed by atoms with Gasteiger partial charge in [0.05, 0.1) is 12.4 Å². The number of nitrogens with one attached hydrogen (secondary N) is 1. The van der Waals surface area contributed by atoms with Crippen molar-refractivity contribution in [2.45, 2.75) is 26.3 Å². The number of H-pyrrole nitrogens is 1. The first-order valence-corrected chi connectivity index (χ1v) is 8.03. The molecular weight excluding hydrogens is 302 g/mol. The summed E-state index contributed by atoms with van der Waals surface area (Å²) in [6.45, 7) is 4.66. The number of nitrogens with zero attached hydrogens (tertiary/aromatic N) is 4. The second-order valence-electron chi connectivity index (χ2n) is 6.23. The summed E-state index contributed by atoms with van der Waals surface area (Å²) >= 11 is 0. The maximum atomic E-state index is 12.5. The Bertz CT molecular complexity index is 877. The number of aromatic amines is 1. The summed E-state index contributed by atoms with van der Waals surface area (Å²) in [5.74, 6) is 0.944. The molecular formula is C18H19N5O. The zero-order valence-corrected chi connectivity index (χ0v) is 13.7. The highest BCUT2D eigenvalue weighted by molar-refractivity contribution is 5.96. The summed E-state index contributed by atoms with van der Waals surface area (Å²) in [6.07, 6.45) is 5.84. The van der Waals surface area contributed by atoms with Crippen molar-refractivity contribution in [3.63, 3.8) is 0 Å². The highest BCUT2D eigenvalue weighted by Gasteiger charge is 2.33. The molecule has 1 aliphatic heterocycles. The van der Waals surface area contributed by atoms with E-state index in [0.717, 1.165) is 22.9 Å². The van der Waals surface area contributed by atoms with E-state index in [1.54, 1.807) is 12.5 Å². The summed E-state index contributed by atoms with van der Waals surface area (Å²) in [4.78, 5) is 26.2. The number of aryl methyl sites for hydroxylation is 2. The van der Waals surface area contributed by atoms with Gasteiger partial charge in [-0.25, -0.2) is 9.97 Å². The van der Waals surface area contributed by atoms with Gasteiger partial charge in [0.25, 0.3) is 0 Å². The molecule has 1 atom stereocenters. The number of rotatable bonds is 3. The van der Waals surface area contributed by atoms with E-state index in [1.807, 2.05) is 49.2 Å². The molecule has 0 aliphatic carbocycles. The minimum atomic E-state index is 0.0624. The van der Waals surface area contributed by atoms with Crippen LogP contribution in [0.2, 0.25) is 0 Å². The van der Waals surface area contributed by atoms with E-state index in [1.165, 1.54) is 5.56 Å². The smallest absolute Gasteiger partial charge is 0.229 e. The van der Waals surface area contributed by atoms with E-state index in [0.29, 0.717) is 13.0 Å². The van der Waals surface area contributed by atoms with E-state index in [9.17, 15) is 4.79 Å². The molecule has 122 valence electrons. The molecule has 0 bridgehead atoms. The molecule has 2 aromatic heterocycles. The Kier molecular flexibility index (Phi) is 3.45. The number of benzene rings is 1. The average Bonchev–Trinajstić information content (AvgIpc) is 3.27. The number of carbonyl (C=O) groups is 1. The van der Waals surface area contributed by atoms with Crippen LogP contribution < -0.4 is 4.90 Å². The zero-order valence-electron chi connectivity index (χ0n) is 13.7. The second-order valence-corrected chi connectivity index (χ2v) is 6.23. The monoisotopic (exact) mass is 321 g/mol. The van der Waals surface area contributed by atoms with Crippen LogP contribution in [0, 0.1) is 13.8 Å². The van der Waals surface area contributed by atoms with Crippen LogP contribution in [0.25, 0.3) is 11.5 Å². The SMILES string of the molecule is Cc1ccc(N2CC(n3ccnc3-c3nc[nH]c3C)CC2=O)cc1. The van der Waals surface area contributed by atoms with Crippen LogP contribution in [-0.4, -0.2) is 32.0 Å². The fourth-order valence-electron chi connectivity index (χ4n) is 3.22. The van der Waals surface area contributed by atoms with Gasteiger partial charge in [0, 0.05) is 36.7 Å². The summed E-state index contributed by atoms with van der Waals surface area (Å²) in [5, 5.41) is 0. The van der Waals surface area contributed by atoms with Crippen molar-refractivity contribution in [2.24, 2.45) is 0 Å². The minimum Gasteiger partial charge on any atom is -0.348 e. The van der Waals surface area contributed by atoms with Crippen LogP contribution in [0.5, 0.6) is 0 Å². The summed E-state index contributed by atoms with van der Waals surface area (Å²) in [5.41, 5.74) is 3.95. The van der Waals surface area contributed by atoms with Crippen molar-refractivity contribution in [3.8, 4) is 11.5 Å². The minimum absolute atomic E-state index is 0.0624. The summed E-state index contributed by atoms with van der Waals surface area (Å²) < 4.78 is 2.06. The molecule has 1 fully saturated rings. The number of imidazole rings is 2. The first-order chi connectivity index (χ1) is 11.6. The van der Waals surface area contributed by atoms with Gasteiger partial charge < -0.3 is 14.5 Å². The molecule has 1 aliphatic rings. The fourth-order valence-corrected chi connectivity index (χ4v) is 3.22. The average molecular weight is 321 g/mol.